The molecular weight excluding hydrogens is 514 g/mol. The first kappa shape index (κ1) is 33.9. The molecule has 7 nitrogen and oxygen atoms in total. The summed E-state index contributed by atoms with van der Waals surface area (Å²) in [5, 5.41) is 5.93. The smallest absolute Gasteiger partial charge is 0.408 e. The van der Waals surface area contributed by atoms with Crippen LogP contribution in [0.3, 0.4) is 0 Å². The predicted molar refractivity (Wildman–Crippen MR) is 165 cm³/mol. The van der Waals surface area contributed by atoms with Crippen LogP contribution in [0.15, 0.2) is 54.6 Å². The van der Waals surface area contributed by atoms with E-state index in [2.05, 4.69) is 24.5 Å². The number of ether oxygens (including phenoxy) is 1. The Morgan fingerprint density at radius 3 is 2.05 bits per heavy atom. The van der Waals surface area contributed by atoms with E-state index in [0.29, 0.717) is 18.9 Å². The van der Waals surface area contributed by atoms with Gasteiger partial charge in [-0.05, 0) is 70.4 Å². The Bertz CT molecular complexity index is 1110. The van der Waals surface area contributed by atoms with E-state index in [-0.39, 0.29) is 23.8 Å². The van der Waals surface area contributed by atoms with Crippen LogP contribution in [-0.2, 0) is 20.9 Å². The van der Waals surface area contributed by atoms with Gasteiger partial charge in [0, 0.05) is 12.6 Å². The van der Waals surface area contributed by atoms with Gasteiger partial charge in [-0.15, -0.1) is 0 Å². The fraction of sp³-hybridized carbons (Fsp3) is 0.559. The topological polar surface area (TPSA) is 87.7 Å². The molecule has 4 unspecified atom stereocenters. The second kappa shape index (κ2) is 15.6. The van der Waals surface area contributed by atoms with Crippen molar-refractivity contribution in [2.45, 2.75) is 112 Å². The number of amides is 3. The van der Waals surface area contributed by atoms with Crippen molar-refractivity contribution in [2.24, 2.45) is 11.8 Å². The molecule has 0 heterocycles. The van der Waals surface area contributed by atoms with E-state index in [9.17, 15) is 14.4 Å². The lowest BCUT2D eigenvalue weighted by Gasteiger charge is -2.40. The first-order chi connectivity index (χ1) is 19.2. The molecule has 0 bridgehead atoms. The fourth-order valence-electron chi connectivity index (χ4n) is 4.66. The van der Waals surface area contributed by atoms with Gasteiger partial charge in [0.05, 0.1) is 0 Å². The molecule has 226 valence electrons. The van der Waals surface area contributed by atoms with Gasteiger partial charge in [0.1, 0.15) is 17.7 Å². The molecular formula is C34H51N3O4. The van der Waals surface area contributed by atoms with Gasteiger partial charge in [-0.25, -0.2) is 4.79 Å². The number of carbonyl (C=O) groups is 3. The molecule has 41 heavy (non-hydrogen) atoms. The second-order valence-corrected chi connectivity index (χ2v) is 12.6. The molecule has 0 radical (unpaired) electrons. The first-order valence-electron chi connectivity index (χ1n) is 14.9. The molecule has 0 saturated heterocycles. The number of hydrogen-bond donors (Lipinski definition) is 2. The lowest BCUT2D eigenvalue weighted by molar-refractivity contribution is -0.146. The minimum atomic E-state index is -0.874. The number of hydrogen-bond acceptors (Lipinski definition) is 4. The highest BCUT2D eigenvalue weighted by Gasteiger charge is 2.40. The van der Waals surface area contributed by atoms with E-state index in [4.69, 9.17) is 4.74 Å². The number of nitrogens with one attached hydrogen (secondary N) is 2. The third-order valence-electron chi connectivity index (χ3n) is 7.27. The predicted octanol–water partition coefficient (Wildman–Crippen LogP) is 6.95. The van der Waals surface area contributed by atoms with E-state index >= 15 is 0 Å². The van der Waals surface area contributed by atoms with Crippen LogP contribution in [-0.4, -0.2) is 40.5 Å². The summed E-state index contributed by atoms with van der Waals surface area (Å²) in [6.45, 7) is 17.9. The monoisotopic (exact) mass is 565 g/mol. The molecule has 0 aliphatic heterocycles. The van der Waals surface area contributed by atoms with Gasteiger partial charge in [0.25, 0.3) is 0 Å². The zero-order chi connectivity index (χ0) is 30.7. The Labute approximate surface area is 247 Å². The maximum Gasteiger partial charge on any atom is 0.408 e. The van der Waals surface area contributed by atoms with Crippen LogP contribution in [0, 0.1) is 18.8 Å². The Hall–Kier alpha value is -3.35. The molecule has 7 heteroatoms. The summed E-state index contributed by atoms with van der Waals surface area (Å²) in [5.41, 5.74) is 2.05. The van der Waals surface area contributed by atoms with Crippen molar-refractivity contribution in [1.82, 2.24) is 15.5 Å². The summed E-state index contributed by atoms with van der Waals surface area (Å²) < 4.78 is 5.53. The summed E-state index contributed by atoms with van der Waals surface area (Å²) in [7, 11) is 0. The van der Waals surface area contributed by atoms with Crippen molar-refractivity contribution < 1.29 is 19.1 Å². The minimum absolute atomic E-state index is 0.180. The van der Waals surface area contributed by atoms with Gasteiger partial charge in [-0.1, -0.05) is 94.3 Å². The van der Waals surface area contributed by atoms with E-state index < -0.39 is 23.8 Å². The van der Waals surface area contributed by atoms with Crippen molar-refractivity contribution in [3.8, 4) is 0 Å². The highest BCUT2D eigenvalue weighted by Crippen LogP contribution is 2.29. The molecule has 4 atom stereocenters. The molecule has 0 aromatic heterocycles. The highest BCUT2D eigenvalue weighted by atomic mass is 16.6. The van der Waals surface area contributed by atoms with Gasteiger partial charge in [-0.3, -0.25) is 9.59 Å². The number of aryl methyl sites for hydroxylation is 1. The lowest BCUT2D eigenvalue weighted by Crippen LogP contribution is -2.57. The number of carbonyl (C=O) groups excluding carboxylic acids is 3. The quantitative estimate of drug-likeness (QED) is 0.275. The van der Waals surface area contributed by atoms with Gasteiger partial charge in [-0.2, -0.15) is 0 Å². The average molecular weight is 566 g/mol. The van der Waals surface area contributed by atoms with E-state index in [1.807, 2.05) is 82.3 Å². The summed E-state index contributed by atoms with van der Waals surface area (Å²) in [6, 6.07) is 15.5. The molecule has 2 aromatic rings. The zero-order valence-electron chi connectivity index (χ0n) is 26.5. The van der Waals surface area contributed by atoms with Crippen molar-refractivity contribution in [3.63, 3.8) is 0 Å². The zero-order valence-corrected chi connectivity index (χ0v) is 26.5. The van der Waals surface area contributed by atoms with Gasteiger partial charge >= 0.3 is 6.09 Å². The lowest BCUT2D eigenvalue weighted by atomic mass is 9.93. The molecule has 0 saturated carbocycles. The summed E-state index contributed by atoms with van der Waals surface area (Å²) >= 11 is 0. The van der Waals surface area contributed by atoms with Crippen LogP contribution in [0.5, 0.6) is 0 Å². The van der Waals surface area contributed by atoms with E-state index in [1.165, 1.54) is 0 Å². The van der Waals surface area contributed by atoms with Crippen LogP contribution in [0.25, 0.3) is 0 Å². The van der Waals surface area contributed by atoms with Crippen LogP contribution >= 0.6 is 0 Å². The first-order valence-corrected chi connectivity index (χ1v) is 14.9. The van der Waals surface area contributed by atoms with Crippen molar-refractivity contribution in [1.29, 1.82) is 0 Å². The number of benzene rings is 2. The SMILES string of the molecule is CCC(C)C(NC(=O)OC(C)(C)C)C(=O)N(C(C)CCC(C)C)C(C(=O)NCc1ccccc1)c1ccc(C)cc1. The van der Waals surface area contributed by atoms with Gasteiger partial charge < -0.3 is 20.3 Å². The number of rotatable bonds is 13. The molecule has 2 aromatic carbocycles. The Balaban J connectivity index is 2.57. The molecule has 0 aliphatic carbocycles. The van der Waals surface area contributed by atoms with Gasteiger partial charge in [0.2, 0.25) is 11.8 Å². The molecule has 0 fully saturated rings. The number of alkyl carbamates (subject to hydrolysis) is 1. The second-order valence-electron chi connectivity index (χ2n) is 12.6. The highest BCUT2D eigenvalue weighted by molar-refractivity contribution is 5.92. The maximum absolute atomic E-state index is 14.6. The Kier molecular flexibility index (Phi) is 12.9. The van der Waals surface area contributed by atoms with Crippen molar-refractivity contribution >= 4 is 17.9 Å². The standard InChI is InChI=1S/C34H51N3O4/c1-10-25(5)29(36-33(40)41-34(7,8)9)32(39)37(26(6)19-16-23(2)3)30(28-20-17-24(4)18-21-28)31(38)35-22-27-14-12-11-13-15-27/h11-15,17-18,20-21,23,25-26,29-30H,10,16,19,22H2,1-9H3,(H,35,38)(H,36,40). The summed E-state index contributed by atoms with van der Waals surface area (Å²) in [5.74, 6) is -0.297. The third-order valence-corrected chi connectivity index (χ3v) is 7.27. The summed E-state index contributed by atoms with van der Waals surface area (Å²) in [4.78, 5) is 43.2. The summed E-state index contributed by atoms with van der Waals surface area (Å²) in [6.07, 6.45) is 1.63. The van der Waals surface area contributed by atoms with E-state index in [1.54, 1.807) is 25.7 Å². The van der Waals surface area contributed by atoms with Gasteiger partial charge in [0.15, 0.2) is 0 Å². The molecule has 0 spiro atoms. The van der Waals surface area contributed by atoms with Crippen molar-refractivity contribution in [2.75, 3.05) is 0 Å². The van der Waals surface area contributed by atoms with Crippen molar-refractivity contribution in [3.05, 3.63) is 71.3 Å². The fourth-order valence-corrected chi connectivity index (χ4v) is 4.66. The normalized spacial score (nSPS) is 14.5. The molecule has 3 amide bonds. The molecule has 0 aliphatic rings. The number of nitrogens with zero attached hydrogens (tertiary/aromatic N) is 1. The van der Waals surface area contributed by atoms with Crippen LogP contribution in [0.2, 0.25) is 0 Å². The largest absolute Gasteiger partial charge is 0.444 e. The Morgan fingerprint density at radius 2 is 1.51 bits per heavy atom. The molecule has 2 rings (SSSR count). The molecule has 2 N–H and O–H groups in total. The maximum atomic E-state index is 14.6. The third kappa shape index (κ3) is 10.9. The van der Waals surface area contributed by atoms with Crippen LogP contribution in [0.4, 0.5) is 4.79 Å². The Morgan fingerprint density at radius 1 is 0.902 bits per heavy atom. The van der Waals surface area contributed by atoms with Crippen LogP contribution in [0.1, 0.15) is 97.4 Å². The van der Waals surface area contributed by atoms with E-state index in [0.717, 1.165) is 29.5 Å². The van der Waals surface area contributed by atoms with Crippen LogP contribution < -0.4 is 10.6 Å². The minimum Gasteiger partial charge on any atom is -0.444 e. The average Bonchev–Trinajstić information content (AvgIpc) is 2.91.